The number of carboxylic acids is 2. The number of carbonyl (C=O) groups is 14. The zero-order chi connectivity index (χ0) is 77.7. The molecule has 2 aromatic carbocycles. The monoisotopic (exact) mass is 1480 g/mol. The number of aliphatic carboxylic acids is 2. The van der Waals surface area contributed by atoms with Crippen LogP contribution >= 0.6 is 0 Å². The highest BCUT2D eigenvalue weighted by Crippen LogP contribution is 2.21. The zero-order valence-corrected chi connectivity index (χ0v) is 59.2. The molecule has 0 radical (unpaired) electrons. The lowest BCUT2D eigenvalue weighted by Gasteiger charge is -2.29. The maximum Gasteiger partial charge on any atom is 0.328 e. The van der Waals surface area contributed by atoms with Crippen LogP contribution in [0.15, 0.2) is 98.2 Å². The van der Waals surface area contributed by atoms with Crippen molar-refractivity contribution in [3.63, 3.8) is 0 Å². The first kappa shape index (κ1) is 83.5. The number of amides is 12. The maximum atomic E-state index is 15.1. The van der Waals surface area contributed by atoms with Gasteiger partial charge in [-0.05, 0) is 62.0 Å². The van der Waals surface area contributed by atoms with Crippen LogP contribution in [0.25, 0.3) is 0 Å². The first-order valence-corrected chi connectivity index (χ1v) is 34.5. The highest BCUT2D eigenvalue weighted by atomic mass is 16.4. The molecule has 37 nitrogen and oxygen atoms in total. The van der Waals surface area contributed by atoms with Crippen LogP contribution in [0.5, 0.6) is 0 Å². The second kappa shape index (κ2) is 41.1. The summed E-state index contributed by atoms with van der Waals surface area (Å²) in [5.74, 6) is -14.8. The van der Waals surface area contributed by atoms with Crippen molar-refractivity contribution < 1.29 is 87.5 Å². The van der Waals surface area contributed by atoms with Gasteiger partial charge < -0.3 is 105 Å². The third-order valence-corrected chi connectivity index (χ3v) is 17.1. The molecule has 1 saturated heterocycles. The quantitative estimate of drug-likeness (QED) is 0.0176. The van der Waals surface area contributed by atoms with E-state index in [4.69, 9.17) is 11.5 Å². The van der Waals surface area contributed by atoms with Gasteiger partial charge in [-0.25, -0.2) is 19.7 Å². The number of hydrogen-bond donors (Lipinski definition) is 19. The Morgan fingerprint density at radius 3 is 1.22 bits per heavy atom. The van der Waals surface area contributed by atoms with Crippen LogP contribution < -0.4 is 64.6 Å². The molecule has 574 valence electrons. The zero-order valence-electron chi connectivity index (χ0n) is 59.2. The van der Waals surface area contributed by atoms with E-state index in [0.717, 1.165) is 6.92 Å². The summed E-state index contributed by atoms with van der Waals surface area (Å²) >= 11 is 0. The number of aromatic amines is 3. The predicted molar refractivity (Wildman–Crippen MR) is 375 cm³/mol. The molecule has 4 heterocycles. The lowest BCUT2D eigenvalue weighted by atomic mass is 9.98. The van der Waals surface area contributed by atoms with Gasteiger partial charge in [-0.15, -0.1) is 0 Å². The molecular weight excluding hydrogens is 1380 g/mol. The molecule has 1 aliphatic rings. The summed E-state index contributed by atoms with van der Waals surface area (Å²) in [4.78, 5) is 215. The van der Waals surface area contributed by atoms with Crippen molar-refractivity contribution >= 4 is 82.8 Å². The fourth-order valence-corrected chi connectivity index (χ4v) is 11.6. The summed E-state index contributed by atoms with van der Waals surface area (Å²) in [5.41, 5.74) is 13.3. The lowest BCUT2D eigenvalue weighted by molar-refractivity contribution is -0.145. The van der Waals surface area contributed by atoms with E-state index in [-0.39, 0.29) is 69.7 Å². The molecule has 21 N–H and O–H groups in total. The predicted octanol–water partition coefficient (Wildman–Crippen LogP) is -4.17. The highest BCUT2D eigenvalue weighted by Gasteiger charge is 2.41. The summed E-state index contributed by atoms with van der Waals surface area (Å²) in [6.45, 7) is 7.03. The van der Waals surface area contributed by atoms with E-state index < -0.39 is 187 Å². The smallest absolute Gasteiger partial charge is 0.328 e. The molecule has 106 heavy (non-hydrogen) atoms. The van der Waals surface area contributed by atoms with E-state index in [1.165, 1.54) is 42.5 Å². The number of primary amides is 1. The molecule has 0 spiro atoms. The summed E-state index contributed by atoms with van der Waals surface area (Å²) in [5, 5.41) is 65.0. The number of nitrogens with zero attached hydrogens (tertiary/aromatic N) is 4. The second-order valence-electron chi connectivity index (χ2n) is 26.7. The Morgan fingerprint density at radius 1 is 0.500 bits per heavy atom. The minimum Gasteiger partial charge on any atom is -0.481 e. The Labute approximate surface area is 609 Å². The Morgan fingerprint density at radius 2 is 0.858 bits per heavy atom. The van der Waals surface area contributed by atoms with E-state index in [1.807, 2.05) is 0 Å². The van der Waals surface area contributed by atoms with E-state index >= 15 is 14.4 Å². The van der Waals surface area contributed by atoms with Crippen molar-refractivity contribution in [1.29, 1.82) is 0 Å². The van der Waals surface area contributed by atoms with Crippen LogP contribution in [0, 0.1) is 11.8 Å². The summed E-state index contributed by atoms with van der Waals surface area (Å²) < 4.78 is 0. The molecule has 12 amide bonds. The van der Waals surface area contributed by atoms with Gasteiger partial charge in [-0.2, -0.15) is 0 Å². The number of H-pyrrole nitrogens is 3. The molecule has 0 bridgehead atoms. The van der Waals surface area contributed by atoms with Crippen LogP contribution in [0.1, 0.15) is 108 Å². The van der Waals surface area contributed by atoms with Crippen LogP contribution in [0.3, 0.4) is 0 Å². The number of carbonyl (C=O) groups excluding carboxylic acids is 12. The topological polar surface area (TPSA) is 582 Å². The number of hydrogen-bond acceptors (Lipinski definition) is 20. The van der Waals surface area contributed by atoms with Gasteiger partial charge >= 0.3 is 11.9 Å². The van der Waals surface area contributed by atoms with E-state index in [0.29, 0.717) is 34.6 Å². The largest absolute Gasteiger partial charge is 0.481 e. The highest BCUT2D eigenvalue weighted by molar-refractivity contribution is 6.00. The van der Waals surface area contributed by atoms with Gasteiger partial charge in [0.25, 0.3) is 0 Å². The van der Waals surface area contributed by atoms with E-state index in [9.17, 15) is 73.2 Å². The molecule has 1 fully saturated rings. The number of rotatable bonds is 43. The van der Waals surface area contributed by atoms with Gasteiger partial charge in [0, 0.05) is 80.7 Å². The van der Waals surface area contributed by atoms with Crippen molar-refractivity contribution in [2.45, 2.75) is 190 Å². The molecule has 0 saturated carbocycles. The lowest BCUT2D eigenvalue weighted by Crippen LogP contribution is -2.62. The first-order chi connectivity index (χ1) is 50.4. The Balaban J connectivity index is 1.25. The fourth-order valence-electron chi connectivity index (χ4n) is 11.6. The third kappa shape index (κ3) is 26.7. The Bertz CT molecular complexity index is 3770. The van der Waals surface area contributed by atoms with Gasteiger partial charge in [0.15, 0.2) is 6.04 Å². The van der Waals surface area contributed by atoms with Crippen LogP contribution in [-0.2, 0) is 99.2 Å². The third-order valence-electron chi connectivity index (χ3n) is 17.1. The fraction of sp³-hybridized carbons (Fsp3) is 0.493. The van der Waals surface area contributed by atoms with Crippen molar-refractivity contribution in [1.82, 2.24) is 88.0 Å². The molecule has 37 heteroatoms. The minimum absolute atomic E-state index is 0.0504. The van der Waals surface area contributed by atoms with Gasteiger partial charge in [-0.1, -0.05) is 88.4 Å². The van der Waals surface area contributed by atoms with Gasteiger partial charge in [0.05, 0.1) is 44.2 Å². The summed E-state index contributed by atoms with van der Waals surface area (Å²) in [6.07, 6.45) is 4.17. The SMILES string of the molecule is CC(C)C[C@H](NC(=O)[C@H](Cc1ccccc1)NC(=O)[C@H](Cc1cnc[nH]1)NC(=O)[C@H](Cc1cnc[nH]1)NC(=O)[C@H](Cc1ccccc1)NC(=O)[C@H](Cc1cnc[nH]1)NC(=O)[C@@H]1CCCN1C(=O)[C@@H](N)CC(=O)O)C(=O)N[C@@H](CC(C)C)C(=O)N[C@@H](CO)C(=O)N[C@@H](CCC(N)=O)C(=O)N[C@H](C(=O)O)[C@@H](C)O. The normalized spacial score (nSPS) is 16.1. The van der Waals surface area contributed by atoms with Crippen molar-refractivity contribution in [2.24, 2.45) is 23.3 Å². The number of aromatic nitrogens is 6. The number of aliphatic hydroxyl groups is 2. The first-order valence-electron chi connectivity index (χ1n) is 34.5. The average molecular weight is 1480 g/mol. The standard InChI is InChI=1S/C69H95N19O18/c1-36(2)21-46(59(95)79-47(22-37(3)4)60(96)86-53(32-89)66(102)78-45(18-19-55(71)91)58(94)87-57(38(5)90)69(105)106)80-61(97)48(23-39-13-8-6-9-14-39)81-63(99)50(25-41-29-72-33-75-41)84-64(100)51(26-42-30-73-34-76-42)83-62(98)49(24-40-15-10-7-11-16-40)82-65(101)52(27-43-31-74-35-77-43)85-67(103)54-17-12-20-88(54)68(104)44(70)28-56(92)93/h6-11,13-16,29-31,33-38,44-54,57,89-90H,12,17-28,32,70H2,1-5H3,(H2,71,91)(H,72,75)(H,73,76)(H,74,77)(H,78,102)(H,79,95)(H,80,97)(H,81,99)(H,82,101)(H,83,98)(H,84,100)(H,85,103)(H,86,96)(H,87,94)(H,92,93)(H,105,106)/t38-,44+,45+,46+,47+,48+,49+,50+,51+,52+,53+,54+,57+/m1/s1. The van der Waals surface area contributed by atoms with Crippen LogP contribution in [-0.4, -0.2) is 230 Å². The second-order valence-corrected chi connectivity index (χ2v) is 26.7. The molecular formula is C69H95N19O18. The van der Waals surface area contributed by atoms with Crippen molar-refractivity contribution in [3.8, 4) is 0 Å². The van der Waals surface area contributed by atoms with Crippen LogP contribution in [0.4, 0.5) is 0 Å². The Kier molecular flexibility index (Phi) is 32.4. The maximum absolute atomic E-state index is 15.1. The van der Waals surface area contributed by atoms with Crippen molar-refractivity contribution in [3.05, 3.63) is 126 Å². The van der Waals surface area contributed by atoms with Gasteiger partial charge in [-0.3, -0.25) is 62.3 Å². The van der Waals surface area contributed by atoms with Crippen molar-refractivity contribution in [2.75, 3.05) is 13.2 Å². The Hall–Kier alpha value is -11.5. The number of nitrogens with two attached hydrogens (primary N) is 2. The van der Waals surface area contributed by atoms with E-state index in [1.54, 1.807) is 88.4 Å². The molecule has 3 aromatic heterocycles. The molecule has 1 aliphatic heterocycles. The number of aliphatic hydroxyl groups excluding tert-OH is 2. The number of carboxylic acid groups (broad SMARTS) is 2. The molecule has 0 aliphatic carbocycles. The summed E-state index contributed by atoms with van der Waals surface area (Å²) in [6, 6.07) is -1.43. The molecule has 5 aromatic rings. The molecule has 0 unspecified atom stereocenters. The number of imidazole rings is 3. The number of nitrogens with one attached hydrogen (secondary N) is 13. The number of likely N-dealkylation sites (tertiary alicyclic amines) is 1. The molecule has 6 rings (SSSR count). The van der Waals surface area contributed by atoms with Gasteiger partial charge in [0.1, 0.15) is 60.4 Å². The minimum atomic E-state index is -1.84. The van der Waals surface area contributed by atoms with E-state index in [2.05, 4.69) is 83.1 Å². The average Bonchev–Trinajstić information content (AvgIpc) is 1.51. The summed E-state index contributed by atoms with van der Waals surface area (Å²) in [7, 11) is 0. The van der Waals surface area contributed by atoms with Gasteiger partial charge in [0.2, 0.25) is 70.9 Å². The molecule has 13 atom stereocenters. The number of benzene rings is 2. The van der Waals surface area contributed by atoms with Crippen LogP contribution in [0.2, 0.25) is 0 Å².